The molecule has 1 aliphatic carbocycles. The second-order valence-electron chi connectivity index (χ2n) is 3.74. The first-order valence-corrected chi connectivity index (χ1v) is 5.90. The molecule has 0 spiro atoms. The van der Waals surface area contributed by atoms with Gasteiger partial charge in [0.15, 0.2) is 11.8 Å². The fourth-order valence-corrected chi connectivity index (χ4v) is 2.04. The van der Waals surface area contributed by atoms with Gasteiger partial charge in [-0.1, -0.05) is 12.5 Å². The predicted octanol–water partition coefficient (Wildman–Crippen LogP) is 1.04. The number of hydrogen-bond acceptors (Lipinski definition) is 0. The number of pyridine rings is 1. The average molecular weight is 212 g/mol. The normalized spacial score (nSPS) is 12.9. The van der Waals surface area contributed by atoms with Gasteiger partial charge in [0.05, 0.1) is 10.8 Å². The van der Waals surface area contributed by atoms with Crippen LogP contribution in [0.25, 0.3) is 6.08 Å². The van der Waals surface area contributed by atoms with Crippen molar-refractivity contribution < 1.29 is 4.24 Å². The summed E-state index contributed by atoms with van der Waals surface area (Å²) in [6, 6.07) is 1.04. The van der Waals surface area contributed by atoms with Crippen LogP contribution in [-0.2, 0) is 6.42 Å². The standard InChI is InChI=1S/C13H14NSi/c1-14-9-11-5-2-3-7-13(11)12(10-14)6-4-8-15/h2-3,5,7,9-10H,1,4,6,8H2/q+2. The van der Waals surface area contributed by atoms with Gasteiger partial charge in [0.1, 0.15) is 6.72 Å². The summed E-state index contributed by atoms with van der Waals surface area (Å²) in [5.74, 6) is 0. The molecule has 0 aromatic carbocycles. The van der Waals surface area contributed by atoms with Crippen LogP contribution >= 0.6 is 0 Å². The highest BCUT2D eigenvalue weighted by Gasteiger charge is 2.14. The molecule has 1 aliphatic rings. The molecule has 1 aromatic rings. The first-order valence-electron chi connectivity index (χ1n) is 5.19. The van der Waals surface area contributed by atoms with Crippen LogP contribution in [0.2, 0.25) is 6.04 Å². The van der Waals surface area contributed by atoms with Gasteiger partial charge < -0.3 is 0 Å². The molecule has 0 saturated carbocycles. The summed E-state index contributed by atoms with van der Waals surface area (Å²) in [5.41, 5.74) is 2.64. The summed E-state index contributed by atoms with van der Waals surface area (Å²) in [6.45, 7) is 3.94. The number of allylic oxidation sites excluding steroid dienone is 2. The second-order valence-corrected chi connectivity index (χ2v) is 4.24. The van der Waals surface area contributed by atoms with Crippen molar-refractivity contribution in [1.29, 1.82) is 0 Å². The van der Waals surface area contributed by atoms with Crippen LogP contribution in [-0.4, -0.2) is 10.2 Å². The Morgan fingerprint density at radius 3 is 3.07 bits per heavy atom. The quantitative estimate of drug-likeness (QED) is 0.401. The predicted molar refractivity (Wildman–Crippen MR) is 62.9 cm³/mol. The molecule has 1 aromatic heterocycles. The highest BCUT2D eigenvalue weighted by Crippen LogP contribution is 2.04. The fraction of sp³-hybridized carbons (Fsp3) is 0.231. The van der Waals surface area contributed by atoms with Crippen molar-refractivity contribution in [1.82, 2.24) is 0 Å². The minimum Gasteiger partial charge on any atom is -0.138 e. The van der Waals surface area contributed by atoms with Crippen LogP contribution < -0.4 is 9.46 Å². The Hall–Kier alpha value is -1.28. The second kappa shape index (κ2) is 4.49. The third-order valence-corrected chi connectivity index (χ3v) is 2.91. The maximum Gasteiger partial charge on any atom is 0.256 e. The molecule has 1 heterocycles. The van der Waals surface area contributed by atoms with E-state index in [0.717, 1.165) is 18.9 Å². The maximum absolute atomic E-state index is 3.94. The molecular weight excluding hydrogens is 198 g/mol. The van der Waals surface area contributed by atoms with E-state index in [1.54, 1.807) is 0 Å². The van der Waals surface area contributed by atoms with Crippen molar-refractivity contribution in [3.63, 3.8) is 0 Å². The Morgan fingerprint density at radius 1 is 1.40 bits per heavy atom. The molecular formula is C13H14NSi+2. The zero-order valence-corrected chi connectivity index (χ0v) is 9.74. The largest absolute Gasteiger partial charge is 0.256 e. The molecule has 0 N–H and O–H groups in total. The van der Waals surface area contributed by atoms with Crippen molar-refractivity contribution in [2.75, 3.05) is 0 Å². The molecule has 73 valence electrons. The van der Waals surface area contributed by atoms with Gasteiger partial charge in [0.25, 0.3) is 6.20 Å². The van der Waals surface area contributed by atoms with E-state index in [2.05, 4.69) is 54.0 Å². The third-order valence-electron chi connectivity index (χ3n) is 2.56. The van der Waals surface area contributed by atoms with Gasteiger partial charge in [0.2, 0.25) is 0 Å². The maximum atomic E-state index is 3.94. The lowest BCUT2D eigenvalue weighted by atomic mass is 10.0. The van der Waals surface area contributed by atoms with Crippen LogP contribution in [0.3, 0.4) is 0 Å². The zero-order valence-electron chi connectivity index (χ0n) is 8.74. The molecule has 0 amide bonds. The number of hydrogen-bond donors (Lipinski definition) is 0. The molecule has 0 unspecified atom stereocenters. The van der Waals surface area contributed by atoms with Gasteiger partial charge >= 0.3 is 0 Å². The van der Waals surface area contributed by atoms with Gasteiger partial charge in [0, 0.05) is 34.9 Å². The molecule has 15 heavy (non-hydrogen) atoms. The lowest BCUT2D eigenvalue weighted by Gasteiger charge is -1.99. The Kier molecular flexibility index (Phi) is 3.07. The molecule has 0 aliphatic heterocycles. The number of fused-ring (bicyclic) bond motifs is 1. The average Bonchev–Trinajstić information content (AvgIpc) is 2.25. The Bertz CT molecular complexity index is 488. The molecule has 0 saturated heterocycles. The van der Waals surface area contributed by atoms with Gasteiger partial charge in [-0.05, 0) is 6.42 Å². The lowest BCUT2D eigenvalue weighted by molar-refractivity contribution is -0.499. The van der Waals surface area contributed by atoms with Crippen molar-refractivity contribution in [3.8, 4) is 0 Å². The smallest absolute Gasteiger partial charge is 0.138 e. The van der Waals surface area contributed by atoms with Crippen molar-refractivity contribution >= 4 is 16.3 Å². The Labute approximate surface area is 93.9 Å². The highest BCUT2D eigenvalue weighted by atomic mass is 28.1. The highest BCUT2D eigenvalue weighted by molar-refractivity contribution is 6.08. The molecule has 0 fully saturated rings. The monoisotopic (exact) mass is 212 g/mol. The molecule has 3 radical (unpaired) electrons. The van der Waals surface area contributed by atoms with E-state index in [0.29, 0.717) is 0 Å². The zero-order chi connectivity index (χ0) is 10.7. The van der Waals surface area contributed by atoms with E-state index in [1.165, 1.54) is 16.3 Å². The van der Waals surface area contributed by atoms with Gasteiger partial charge in [-0.15, -0.1) is 4.24 Å². The summed E-state index contributed by atoms with van der Waals surface area (Å²) in [7, 11) is 3.51. The molecule has 1 nitrogen and oxygen atoms in total. The summed E-state index contributed by atoms with van der Waals surface area (Å²) in [5, 5.41) is 1.34. The van der Waals surface area contributed by atoms with E-state index in [1.807, 2.05) is 4.24 Å². The number of aryl methyl sites for hydroxylation is 1. The van der Waals surface area contributed by atoms with E-state index in [-0.39, 0.29) is 0 Å². The summed E-state index contributed by atoms with van der Waals surface area (Å²) >= 11 is 0. The Morgan fingerprint density at radius 2 is 2.27 bits per heavy atom. The van der Waals surface area contributed by atoms with Crippen LogP contribution in [0, 0.1) is 13.1 Å². The molecule has 0 bridgehead atoms. The minimum absolute atomic E-state index is 1.04. The summed E-state index contributed by atoms with van der Waals surface area (Å²) < 4.78 is 1.89. The van der Waals surface area contributed by atoms with E-state index < -0.39 is 0 Å². The molecule has 2 rings (SSSR count). The number of rotatable bonds is 3. The van der Waals surface area contributed by atoms with E-state index >= 15 is 0 Å². The van der Waals surface area contributed by atoms with Crippen LogP contribution in [0.15, 0.2) is 24.5 Å². The molecule has 0 atom stereocenters. The van der Waals surface area contributed by atoms with E-state index in [9.17, 15) is 0 Å². The van der Waals surface area contributed by atoms with Crippen LogP contribution in [0.5, 0.6) is 0 Å². The number of nitrogens with zero attached hydrogens (tertiary/aromatic N) is 1. The van der Waals surface area contributed by atoms with Gasteiger partial charge in [-0.25, -0.2) is 0 Å². The first kappa shape index (κ1) is 10.2. The lowest BCUT2D eigenvalue weighted by Crippen LogP contribution is -2.26. The van der Waals surface area contributed by atoms with E-state index in [4.69, 9.17) is 0 Å². The fourth-order valence-electron chi connectivity index (χ4n) is 1.87. The summed E-state index contributed by atoms with van der Waals surface area (Å²) in [6.07, 6.45) is 14.9. The third kappa shape index (κ3) is 2.21. The SMILES string of the molecule is C=[n+]1cc2c(c(CCC[Si])c1)=CC=C[CH+]2. The first-order chi connectivity index (χ1) is 7.31. The van der Waals surface area contributed by atoms with Crippen molar-refractivity contribution in [3.05, 3.63) is 54.0 Å². The Balaban J connectivity index is 2.49. The van der Waals surface area contributed by atoms with Crippen LogP contribution in [0.4, 0.5) is 0 Å². The van der Waals surface area contributed by atoms with Gasteiger partial charge in [-0.2, -0.15) is 0 Å². The van der Waals surface area contributed by atoms with Crippen molar-refractivity contribution in [2.24, 2.45) is 0 Å². The molecule has 2 heteroatoms. The van der Waals surface area contributed by atoms with Crippen molar-refractivity contribution in [2.45, 2.75) is 18.9 Å². The summed E-state index contributed by atoms with van der Waals surface area (Å²) in [4.78, 5) is 0. The topological polar surface area (TPSA) is 5.90 Å². The van der Waals surface area contributed by atoms with Gasteiger partial charge in [-0.3, -0.25) is 0 Å². The number of aromatic nitrogens is 1. The van der Waals surface area contributed by atoms with Crippen LogP contribution in [0.1, 0.15) is 17.5 Å². The minimum atomic E-state index is 1.04.